The van der Waals surface area contributed by atoms with Crippen molar-refractivity contribution in [2.24, 2.45) is 0 Å². The van der Waals surface area contributed by atoms with Crippen molar-refractivity contribution < 1.29 is 28.2 Å². The van der Waals surface area contributed by atoms with Crippen LogP contribution in [0.15, 0.2) is 48.5 Å². The molecule has 4 atom stereocenters. The van der Waals surface area contributed by atoms with Crippen molar-refractivity contribution in [2.45, 2.75) is 56.7 Å². The van der Waals surface area contributed by atoms with Crippen molar-refractivity contribution in [1.82, 2.24) is 10.2 Å². The van der Waals surface area contributed by atoms with E-state index in [-0.39, 0.29) is 55.4 Å². The SMILES string of the molecule is O=C(C[C@@H]1CC[C@H]2[C@@H](COC[C@H](O)CN2Cc2cccc(F)c2)O1)NCc1cccc(F)c1. The lowest BCUT2D eigenvalue weighted by molar-refractivity contribution is -0.158. The third-order valence-electron chi connectivity index (χ3n) is 6.15. The number of carbonyl (C=O) groups is 1. The molecule has 2 aromatic carbocycles. The average molecular weight is 461 g/mol. The first-order valence-corrected chi connectivity index (χ1v) is 11.4. The molecule has 2 fully saturated rings. The number of hydrogen-bond acceptors (Lipinski definition) is 5. The highest BCUT2D eigenvalue weighted by atomic mass is 19.1. The van der Waals surface area contributed by atoms with Gasteiger partial charge in [0.1, 0.15) is 11.6 Å². The van der Waals surface area contributed by atoms with E-state index >= 15 is 0 Å². The molecule has 1 amide bonds. The van der Waals surface area contributed by atoms with Crippen LogP contribution in [0.1, 0.15) is 30.4 Å². The minimum Gasteiger partial charge on any atom is -0.389 e. The Morgan fingerprint density at radius 1 is 1.06 bits per heavy atom. The number of aliphatic hydroxyl groups is 1. The number of nitrogens with zero attached hydrogens (tertiary/aromatic N) is 1. The van der Waals surface area contributed by atoms with Crippen LogP contribution in [0.3, 0.4) is 0 Å². The molecule has 0 aliphatic carbocycles. The van der Waals surface area contributed by atoms with E-state index in [1.165, 1.54) is 24.3 Å². The zero-order valence-electron chi connectivity index (χ0n) is 18.5. The quantitative estimate of drug-likeness (QED) is 0.694. The number of carbonyl (C=O) groups excluding carboxylic acids is 1. The lowest BCUT2D eigenvalue weighted by Gasteiger charge is -2.44. The predicted molar refractivity (Wildman–Crippen MR) is 118 cm³/mol. The van der Waals surface area contributed by atoms with Crippen molar-refractivity contribution in [2.75, 3.05) is 19.8 Å². The van der Waals surface area contributed by atoms with Gasteiger partial charge in [0, 0.05) is 25.7 Å². The predicted octanol–water partition coefficient (Wildman–Crippen LogP) is 2.78. The number of fused-ring (bicyclic) bond motifs is 1. The molecule has 0 radical (unpaired) electrons. The van der Waals surface area contributed by atoms with Crippen molar-refractivity contribution in [3.63, 3.8) is 0 Å². The highest BCUT2D eigenvalue weighted by Gasteiger charge is 2.38. The third-order valence-corrected chi connectivity index (χ3v) is 6.15. The van der Waals surface area contributed by atoms with Gasteiger partial charge in [-0.05, 0) is 48.2 Å². The smallest absolute Gasteiger partial charge is 0.222 e. The highest BCUT2D eigenvalue weighted by Crippen LogP contribution is 2.29. The summed E-state index contributed by atoms with van der Waals surface area (Å²) in [7, 11) is 0. The number of nitrogens with one attached hydrogen (secondary N) is 1. The standard InChI is InChI=1S/C25H30F2N2O4/c26-19-5-1-3-17(9-19)12-28-25(31)11-22-7-8-23-24(33-22)16-32-15-21(30)14-29(23)13-18-4-2-6-20(27)10-18/h1-6,9-10,21-24,30H,7-8,11-16H2,(H,28,31)/t21-,22+,23+,24-/m1/s1. The first-order chi connectivity index (χ1) is 16.0. The normalized spacial score (nSPS) is 26.2. The van der Waals surface area contributed by atoms with Gasteiger partial charge in [0.15, 0.2) is 0 Å². The maximum atomic E-state index is 13.7. The number of ether oxygens (including phenoxy) is 2. The summed E-state index contributed by atoms with van der Waals surface area (Å²) in [5, 5.41) is 13.1. The van der Waals surface area contributed by atoms with Gasteiger partial charge in [0.05, 0.1) is 37.9 Å². The average Bonchev–Trinajstić information content (AvgIpc) is 2.77. The zero-order chi connectivity index (χ0) is 23.2. The van der Waals surface area contributed by atoms with Crippen LogP contribution in [-0.2, 0) is 27.4 Å². The van der Waals surface area contributed by atoms with Crippen LogP contribution >= 0.6 is 0 Å². The van der Waals surface area contributed by atoms with E-state index in [4.69, 9.17) is 9.47 Å². The van der Waals surface area contributed by atoms with Crippen LogP contribution in [0.25, 0.3) is 0 Å². The molecule has 0 saturated carbocycles. The van der Waals surface area contributed by atoms with Gasteiger partial charge >= 0.3 is 0 Å². The fourth-order valence-electron chi connectivity index (χ4n) is 4.62. The number of benzene rings is 2. The van der Waals surface area contributed by atoms with E-state index in [0.29, 0.717) is 31.7 Å². The topological polar surface area (TPSA) is 71.0 Å². The minimum atomic E-state index is -0.633. The Balaban J connectivity index is 1.34. The molecule has 2 aliphatic heterocycles. The highest BCUT2D eigenvalue weighted by molar-refractivity contribution is 5.76. The molecule has 33 heavy (non-hydrogen) atoms. The van der Waals surface area contributed by atoms with E-state index < -0.39 is 6.10 Å². The summed E-state index contributed by atoms with van der Waals surface area (Å²) < 4.78 is 38.9. The fraction of sp³-hybridized carbons (Fsp3) is 0.480. The molecule has 0 unspecified atom stereocenters. The second-order valence-electron chi connectivity index (χ2n) is 8.80. The summed E-state index contributed by atoms with van der Waals surface area (Å²) in [5.41, 5.74) is 1.54. The van der Waals surface area contributed by atoms with E-state index in [2.05, 4.69) is 10.2 Å². The largest absolute Gasteiger partial charge is 0.389 e. The van der Waals surface area contributed by atoms with Gasteiger partial charge in [-0.3, -0.25) is 9.69 Å². The minimum absolute atomic E-state index is 0.00479. The number of rotatable bonds is 6. The summed E-state index contributed by atoms with van der Waals surface area (Å²) >= 11 is 0. The fourth-order valence-corrected chi connectivity index (χ4v) is 4.62. The van der Waals surface area contributed by atoms with Gasteiger partial charge < -0.3 is 19.9 Å². The molecule has 6 nitrogen and oxygen atoms in total. The molecule has 178 valence electrons. The van der Waals surface area contributed by atoms with E-state index in [9.17, 15) is 18.7 Å². The van der Waals surface area contributed by atoms with Gasteiger partial charge in [-0.15, -0.1) is 0 Å². The van der Waals surface area contributed by atoms with Gasteiger partial charge in [-0.25, -0.2) is 8.78 Å². The molecule has 2 aromatic rings. The maximum Gasteiger partial charge on any atom is 0.222 e. The monoisotopic (exact) mass is 460 g/mol. The van der Waals surface area contributed by atoms with Crippen LogP contribution in [-0.4, -0.2) is 60.0 Å². The second kappa shape index (κ2) is 11.2. The summed E-state index contributed by atoms with van der Waals surface area (Å²) in [6, 6.07) is 12.6. The lowest BCUT2D eigenvalue weighted by atomic mass is 9.94. The third kappa shape index (κ3) is 6.80. The second-order valence-corrected chi connectivity index (χ2v) is 8.80. The Morgan fingerprint density at radius 2 is 1.79 bits per heavy atom. The van der Waals surface area contributed by atoms with Crippen molar-refractivity contribution in [3.8, 4) is 0 Å². The zero-order valence-corrected chi connectivity index (χ0v) is 18.5. The van der Waals surface area contributed by atoms with Crippen LogP contribution < -0.4 is 5.32 Å². The molecular weight excluding hydrogens is 430 g/mol. The first kappa shape index (κ1) is 23.8. The number of hydrogen-bond donors (Lipinski definition) is 2. The van der Waals surface area contributed by atoms with E-state index in [1.54, 1.807) is 18.2 Å². The van der Waals surface area contributed by atoms with Crippen LogP contribution in [0.2, 0.25) is 0 Å². The van der Waals surface area contributed by atoms with E-state index in [1.807, 2.05) is 6.07 Å². The Bertz CT molecular complexity index is 944. The molecule has 0 spiro atoms. The molecule has 8 heteroatoms. The number of aliphatic hydroxyl groups excluding tert-OH is 1. The molecular formula is C25H30F2N2O4. The molecule has 2 saturated heterocycles. The summed E-state index contributed by atoms with van der Waals surface area (Å²) in [4.78, 5) is 14.6. The van der Waals surface area contributed by atoms with Crippen LogP contribution in [0.4, 0.5) is 8.78 Å². The number of β-amino-alcohol motifs (C(OH)–C–C–N with tert-alkyl or cyclic N) is 1. The maximum absolute atomic E-state index is 13.7. The van der Waals surface area contributed by atoms with Crippen molar-refractivity contribution in [1.29, 1.82) is 0 Å². The number of halogens is 2. The van der Waals surface area contributed by atoms with Crippen molar-refractivity contribution in [3.05, 3.63) is 71.3 Å². The Morgan fingerprint density at radius 3 is 2.55 bits per heavy atom. The van der Waals surface area contributed by atoms with Crippen molar-refractivity contribution >= 4 is 5.91 Å². The lowest BCUT2D eigenvalue weighted by Crippen LogP contribution is -2.55. The molecule has 2 heterocycles. The Kier molecular flexibility index (Phi) is 8.03. The van der Waals surface area contributed by atoms with Crippen LogP contribution in [0.5, 0.6) is 0 Å². The molecule has 2 N–H and O–H groups in total. The Hall–Kier alpha value is -2.39. The summed E-state index contributed by atoms with van der Waals surface area (Å²) in [5.74, 6) is -0.772. The molecule has 0 bridgehead atoms. The molecule has 2 aliphatic rings. The molecule has 0 aromatic heterocycles. The summed E-state index contributed by atoms with van der Waals surface area (Å²) in [6.07, 6.45) is 0.544. The van der Waals surface area contributed by atoms with Gasteiger partial charge in [-0.2, -0.15) is 0 Å². The van der Waals surface area contributed by atoms with E-state index in [0.717, 1.165) is 12.0 Å². The Labute approximate surface area is 192 Å². The van der Waals surface area contributed by atoms with Gasteiger partial charge in [0.25, 0.3) is 0 Å². The van der Waals surface area contributed by atoms with Gasteiger partial charge in [-0.1, -0.05) is 24.3 Å². The van der Waals surface area contributed by atoms with Gasteiger partial charge in [0.2, 0.25) is 5.91 Å². The summed E-state index contributed by atoms with van der Waals surface area (Å²) in [6.45, 7) is 1.68. The van der Waals surface area contributed by atoms with Crippen LogP contribution in [0, 0.1) is 11.6 Å². The molecule has 4 rings (SSSR count). The first-order valence-electron chi connectivity index (χ1n) is 11.4. The number of amides is 1.